The van der Waals surface area contributed by atoms with Crippen molar-refractivity contribution in [1.82, 2.24) is 10.2 Å². The van der Waals surface area contributed by atoms with Crippen LogP contribution in [0.15, 0.2) is 6.07 Å². The van der Waals surface area contributed by atoms with E-state index in [4.69, 9.17) is 0 Å². The molecule has 0 aromatic carbocycles. The minimum absolute atomic E-state index is 0.394. The van der Waals surface area contributed by atoms with E-state index in [9.17, 15) is 8.42 Å². The Morgan fingerprint density at radius 3 is 2.73 bits per heavy atom. The van der Waals surface area contributed by atoms with Gasteiger partial charge < -0.3 is 0 Å². The maximum Gasteiger partial charge on any atom is 0.236 e. The average molecular weight is 229 g/mol. The van der Waals surface area contributed by atoms with E-state index < -0.39 is 15.3 Å². The Morgan fingerprint density at radius 1 is 1.53 bits per heavy atom. The van der Waals surface area contributed by atoms with Gasteiger partial charge >= 0.3 is 0 Å². The first-order valence-electron chi connectivity index (χ1n) is 5.06. The number of rotatable bonds is 4. The second-order valence-corrected chi connectivity index (χ2v) is 6.42. The fourth-order valence-electron chi connectivity index (χ4n) is 1.26. The molecule has 5 nitrogen and oxygen atoms in total. The highest BCUT2D eigenvalue weighted by molar-refractivity contribution is 7.93. The fourth-order valence-corrected chi connectivity index (χ4v) is 1.89. The number of nitrogens with one attached hydrogen (secondary N) is 2. The monoisotopic (exact) mass is 229 g/mol. The molecule has 0 aliphatic heterocycles. The van der Waals surface area contributed by atoms with E-state index >= 15 is 0 Å². The van der Waals surface area contributed by atoms with E-state index in [1.54, 1.807) is 19.9 Å². The normalized spacial score (nSPS) is 17.0. The molecule has 0 amide bonds. The van der Waals surface area contributed by atoms with E-state index in [0.29, 0.717) is 11.7 Å². The largest absolute Gasteiger partial charge is 0.280 e. The van der Waals surface area contributed by atoms with Crippen LogP contribution in [0, 0.1) is 0 Å². The van der Waals surface area contributed by atoms with Gasteiger partial charge in [0.15, 0.2) is 5.82 Å². The third-order valence-corrected chi connectivity index (χ3v) is 4.22. The minimum Gasteiger partial charge on any atom is -0.280 e. The summed E-state index contributed by atoms with van der Waals surface area (Å²) >= 11 is 0. The highest BCUT2D eigenvalue weighted by Gasteiger charge is 2.26. The number of anilines is 1. The Bertz CT molecular complexity index is 446. The standard InChI is InChI=1S/C9H15N3O2S/c1-6(2)15(13,14)12-9-5-8(10-11-9)7-3-4-7/h5-7H,3-4H2,1-2H3,(H2,10,11,12). The fraction of sp³-hybridized carbons (Fsp3) is 0.667. The third-order valence-electron chi connectivity index (χ3n) is 2.48. The van der Waals surface area contributed by atoms with Crippen molar-refractivity contribution in [2.75, 3.05) is 4.72 Å². The molecule has 84 valence electrons. The zero-order valence-corrected chi connectivity index (χ0v) is 9.63. The lowest BCUT2D eigenvalue weighted by atomic mass is 10.3. The Balaban J connectivity index is 2.10. The first-order chi connectivity index (χ1) is 6.99. The topological polar surface area (TPSA) is 74.8 Å². The predicted octanol–water partition coefficient (Wildman–Crippen LogP) is 1.44. The van der Waals surface area contributed by atoms with Crippen LogP contribution in [0.1, 0.15) is 38.3 Å². The molecule has 0 bridgehead atoms. The molecule has 0 radical (unpaired) electrons. The molecule has 2 N–H and O–H groups in total. The van der Waals surface area contributed by atoms with Crippen molar-refractivity contribution in [3.8, 4) is 0 Å². The van der Waals surface area contributed by atoms with Gasteiger partial charge in [0.05, 0.1) is 5.25 Å². The van der Waals surface area contributed by atoms with Crippen molar-refractivity contribution in [3.05, 3.63) is 11.8 Å². The number of sulfonamides is 1. The molecule has 1 saturated carbocycles. The minimum atomic E-state index is -3.28. The van der Waals surface area contributed by atoms with Gasteiger partial charge in [0.25, 0.3) is 0 Å². The summed E-state index contributed by atoms with van der Waals surface area (Å²) in [6, 6.07) is 1.78. The zero-order chi connectivity index (χ0) is 11.1. The molecular formula is C9H15N3O2S. The van der Waals surface area contributed by atoms with Gasteiger partial charge in [-0.3, -0.25) is 9.82 Å². The second kappa shape index (κ2) is 3.52. The van der Waals surface area contributed by atoms with Gasteiger partial charge in [-0.1, -0.05) is 0 Å². The second-order valence-electron chi connectivity index (χ2n) is 4.18. The molecule has 0 unspecified atom stereocenters. The molecule has 0 saturated heterocycles. The quantitative estimate of drug-likeness (QED) is 0.820. The number of aromatic nitrogens is 2. The lowest BCUT2D eigenvalue weighted by Crippen LogP contribution is -2.22. The number of nitrogens with zero attached hydrogens (tertiary/aromatic N) is 1. The van der Waals surface area contributed by atoms with Gasteiger partial charge in [0.2, 0.25) is 10.0 Å². The smallest absolute Gasteiger partial charge is 0.236 e. The SMILES string of the molecule is CC(C)S(=O)(=O)Nc1cc(C2CC2)[nH]n1. The van der Waals surface area contributed by atoms with E-state index in [0.717, 1.165) is 5.69 Å². The molecule has 1 aromatic heterocycles. The zero-order valence-electron chi connectivity index (χ0n) is 8.82. The van der Waals surface area contributed by atoms with Crippen LogP contribution in [0.25, 0.3) is 0 Å². The van der Waals surface area contributed by atoms with Gasteiger partial charge in [0, 0.05) is 17.7 Å². The molecule has 6 heteroatoms. The Morgan fingerprint density at radius 2 is 2.20 bits per heavy atom. The van der Waals surface area contributed by atoms with Crippen LogP contribution in [-0.2, 0) is 10.0 Å². The highest BCUT2D eigenvalue weighted by atomic mass is 32.2. The predicted molar refractivity (Wildman–Crippen MR) is 58.2 cm³/mol. The van der Waals surface area contributed by atoms with E-state index in [-0.39, 0.29) is 0 Å². The van der Waals surface area contributed by atoms with Crippen molar-refractivity contribution >= 4 is 15.8 Å². The summed E-state index contributed by atoms with van der Waals surface area (Å²) in [6.45, 7) is 3.27. The first-order valence-corrected chi connectivity index (χ1v) is 6.60. The number of hydrogen-bond acceptors (Lipinski definition) is 3. The lowest BCUT2D eigenvalue weighted by Gasteiger charge is -2.07. The maximum atomic E-state index is 11.5. The lowest BCUT2D eigenvalue weighted by molar-refractivity contribution is 0.592. The van der Waals surface area contributed by atoms with Crippen molar-refractivity contribution in [2.45, 2.75) is 37.9 Å². The Kier molecular flexibility index (Phi) is 2.46. The first kappa shape index (κ1) is 10.5. The molecule has 1 aliphatic carbocycles. The maximum absolute atomic E-state index is 11.5. The third kappa shape index (κ3) is 2.31. The molecule has 15 heavy (non-hydrogen) atoms. The van der Waals surface area contributed by atoms with Crippen LogP contribution in [0.3, 0.4) is 0 Å². The van der Waals surface area contributed by atoms with Crippen LogP contribution in [-0.4, -0.2) is 23.9 Å². The molecule has 2 rings (SSSR count). The molecule has 0 atom stereocenters. The van der Waals surface area contributed by atoms with Crippen LogP contribution in [0.5, 0.6) is 0 Å². The van der Waals surface area contributed by atoms with Gasteiger partial charge in [-0.15, -0.1) is 0 Å². The summed E-state index contributed by atoms with van der Waals surface area (Å²) in [4.78, 5) is 0. The summed E-state index contributed by atoms with van der Waals surface area (Å²) < 4.78 is 25.5. The van der Waals surface area contributed by atoms with Crippen LogP contribution < -0.4 is 4.72 Å². The van der Waals surface area contributed by atoms with Gasteiger partial charge in [-0.25, -0.2) is 8.42 Å². The molecule has 1 aromatic rings. The van der Waals surface area contributed by atoms with Crippen molar-refractivity contribution in [3.63, 3.8) is 0 Å². The van der Waals surface area contributed by atoms with Crippen LogP contribution >= 0.6 is 0 Å². The number of H-pyrrole nitrogens is 1. The van der Waals surface area contributed by atoms with E-state index in [1.165, 1.54) is 12.8 Å². The molecule has 1 fully saturated rings. The van der Waals surface area contributed by atoms with Gasteiger partial charge in [0.1, 0.15) is 0 Å². The number of aromatic amines is 1. The summed E-state index contributed by atoms with van der Waals surface area (Å²) in [7, 11) is -3.28. The summed E-state index contributed by atoms with van der Waals surface area (Å²) in [6.07, 6.45) is 2.33. The van der Waals surface area contributed by atoms with E-state index in [1.807, 2.05) is 0 Å². The Labute approximate surface area is 89.3 Å². The Hall–Kier alpha value is -1.04. The summed E-state index contributed by atoms with van der Waals surface area (Å²) in [5, 5.41) is 6.34. The number of hydrogen-bond donors (Lipinski definition) is 2. The average Bonchev–Trinajstić information content (AvgIpc) is 2.88. The molecule has 0 spiro atoms. The van der Waals surface area contributed by atoms with Crippen molar-refractivity contribution in [2.24, 2.45) is 0 Å². The summed E-state index contributed by atoms with van der Waals surface area (Å²) in [5.74, 6) is 0.945. The van der Waals surface area contributed by atoms with Crippen molar-refractivity contribution in [1.29, 1.82) is 0 Å². The summed E-state index contributed by atoms with van der Waals surface area (Å²) in [5.41, 5.74) is 1.02. The van der Waals surface area contributed by atoms with E-state index in [2.05, 4.69) is 14.9 Å². The highest BCUT2D eigenvalue weighted by Crippen LogP contribution is 2.39. The van der Waals surface area contributed by atoms with Crippen LogP contribution in [0.4, 0.5) is 5.82 Å². The van der Waals surface area contributed by atoms with Gasteiger partial charge in [-0.05, 0) is 26.7 Å². The molecule has 1 heterocycles. The van der Waals surface area contributed by atoms with Gasteiger partial charge in [-0.2, -0.15) is 5.10 Å². The van der Waals surface area contributed by atoms with Crippen molar-refractivity contribution < 1.29 is 8.42 Å². The van der Waals surface area contributed by atoms with Crippen LogP contribution in [0.2, 0.25) is 0 Å². The molecule has 1 aliphatic rings. The molecular weight excluding hydrogens is 214 g/mol.